The van der Waals surface area contributed by atoms with Crippen molar-refractivity contribution in [3.8, 4) is 11.3 Å². The zero-order valence-corrected chi connectivity index (χ0v) is 30.7. The summed E-state index contributed by atoms with van der Waals surface area (Å²) in [6.07, 6.45) is 6.49. The molecule has 12 heteroatoms. The van der Waals surface area contributed by atoms with Crippen molar-refractivity contribution in [2.24, 2.45) is 7.05 Å². The number of hydrogen-bond acceptors (Lipinski definition) is 7. The number of nitro groups is 1. The number of nitrogens with one attached hydrogen (secondary N) is 1. The van der Waals surface area contributed by atoms with Crippen molar-refractivity contribution in [3.63, 3.8) is 0 Å². The third-order valence-electron chi connectivity index (χ3n) is 10.8. The molecule has 0 unspecified atom stereocenters. The number of aromatic amines is 1. The van der Waals surface area contributed by atoms with Crippen LogP contribution in [0.4, 0.5) is 11.4 Å². The van der Waals surface area contributed by atoms with Crippen LogP contribution in [0.15, 0.2) is 116 Å². The molecular weight excluding hydrogens is 695 g/mol. The zero-order chi connectivity index (χ0) is 38.1. The van der Waals surface area contributed by atoms with Crippen LogP contribution in [0.3, 0.4) is 0 Å². The van der Waals surface area contributed by atoms with Gasteiger partial charge >= 0.3 is 0 Å². The van der Waals surface area contributed by atoms with E-state index < -0.39 is 4.92 Å². The lowest BCUT2D eigenvalue weighted by Crippen LogP contribution is -2.44. The number of fused-ring (bicyclic) bond motifs is 2. The first-order valence-electron chi connectivity index (χ1n) is 18.4. The number of hydrogen-bond donors (Lipinski definition) is 1. The quantitative estimate of drug-likeness (QED) is 0.125. The van der Waals surface area contributed by atoms with Crippen molar-refractivity contribution in [2.75, 3.05) is 31.2 Å². The third kappa shape index (κ3) is 7.11. The smallest absolute Gasteiger partial charge is 0.270 e. The van der Waals surface area contributed by atoms with Crippen LogP contribution in [-0.4, -0.2) is 73.6 Å². The molecule has 2 aromatic heterocycles. The molecule has 1 atom stereocenters. The maximum absolute atomic E-state index is 14.9. The first kappa shape index (κ1) is 35.5. The van der Waals surface area contributed by atoms with Gasteiger partial charge in [0.15, 0.2) is 0 Å². The fourth-order valence-corrected chi connectivity index (χ4v) is 7.55. The number of carbonyl (C=O) groups excluding carboxylic acids is 2. The van der Waals surface area contributed by atoms with E-state index in [1.54, 1.807) is 23.2 Å². The Morgan fingerprint density at radius 3 is 2.51 bits per heavy atom. The standard InChI is InChI=1S/C43H41N7O5/c1-29-38(43(52)48(27-30-8-4-3-5-9-30)34-13-15-40-33(23-34)26-44-45-40)25-41(46(29)2)39-24-36(50(53)54)12-14-37(39)42(51)49-28-32-11-7-6-10-31(32)22-35(49)16-17-47-18-20-55-21-19-47/h3-17,23-26,35H,18-22,27-28H2,1-2H3,(H,44,45)/b17-16+/t35-/m1/s1. The van der Waals surface area contributed by atoms with Gasteiger partial charge in [-0.1, -0.05) is 54.6 Å². The SMILES string of the molecule is Cc1c(C(=O)N(Cc2ccccc2)c2ccc3[nH]ncc3c2)cc(-c2cc([N+](=O)[O-])ccc2C(=O)N2Cc3ccccc3C[C@H]2/C=C/N2CCOCC2)n1C. The van der Waals surface area contributed by atoms with Gasteiger partial charge in [-0.25, -0.2) is 0 Å². The number of nitrogens with zero attached hydrogens (tertiary/aromatic N) is 6. The van der Waals surface area contributed by atoms with Gasteiger partial charge in [-0.15, -0.1) is 0 Å². The van der Waals surface area contributed by atoms with Gasteiger partial charge in [0.25, 0.3) is 17.5 Å². The zero-order valence-electron chi connectivity index (χ0n) is 30.7. The number of anilines is 1. The number of benzene rings is 4. The van der Waals surface area contributed by atoms with E-state index in [9.17, 15) is 19.7 Å². The minimum atomic E-state index is -0.460. The molecule has 1 N–H and O–H groups in total. The van der Waals surface area contributed by atoms with Crippen LogP contribution in [0.1, 0.15) is 43.1 Å². The Balaban J connectivity index is 1.19. The summed E-state index contributed by atoms with van der Waals surface area (Å²) in [6, 6.07) is 29.5. The molecule has 12 nitrogen and oxygen atoms in total. The highest BCUT2D eigenvalue weighted by molar-refractivity contribution is 6.09. The topological polar surface area (TPSA) is 130 Å². The molecule has 0 spiro atoms. The lowest BCUT2D eigenvalue weighted by Gasteiger charge is -2.36. The second-order valence-corrected chi connectivity index (χ2v) is 14.1. The molecule has 0 saturated carbocycles. The van der Waals surface area contributed by atoms with Crippen LogP contribution in [-0.2, 0) is 31.3 Å². The van der Waals surface area contributed by atoms with E-state index in [0.717, 1.165) is 35.1 Å². The molecule has 4 aromatic carbocycles. The molecule has 4 heterocycles. The van der Waals surface area contributed by atoms with E-state index in [0.29, 0.717) is 66.5 Å². The molecule has 1 saturated heterocycles. The predicted molar refractivity (Wildman–Crippen MR) is 211 cm³/mol. The predicted octanol–water partition coefficient (Wildman–Crippen LogP) is 7.05. The summed E-state index contributed by atoms with van der Waals surface area (Å²) < 4.78 is 7.37. The average Bonchev–Trinajstić information content (AvgIpc) is 3.81. The first-order valence-corrected chi connectivity index (χ1v) is 18.4. The van der Waals surface area contributed by atoms with Crippen molar-refractivity contribution < 1.29 is 19.2 Å². The van der Waals surface area contributed by atoms with Crippen molar-refractivity contribution in [3.05, 3.63) is 159 Å². The van der Waals surface area contributed by atoms with Crippen molar-refractivity contribution in [1.29, 1.82) is 0 Å². The number of ether oxygens (including phenoxy) is 1. The average molecular weight is 736 g/mol. The second kappa shape index (κ2) is 15.1. The van der Waals surface area contributed by atoms with Crippen molar-refractivity contribution in [1.82, 2.24) is 24.6 Å². The van der Waals surface area contributed by atoms with Gasteiger partial charge < -0.3 is 24.0 Å². The molecule has 2 aliphatic heterocycles. The van der Waals surface area contributed by atoms with Gasteiger partial charge in [-0.3, -0.25) is 24.8 Å². The number of carbonyl (C=O) groups is 2. The molecule has 6 aromatic rings. The Bertz CT molecular complexity index is 2430. The van der Waals surface area contributed by atoms with Crippen LogP contribution in [0, 0.1) is 17.0 Å². The third-order valence-corrected chi connectivity index (χ3v) is 10.8. The monoisotopic (exact) mass is 735 g/mol. The normalized spacial score (nSPS) is 15.7. The number of nitro benzene ring substituents is 1. The minimum absolute atomic E-state index is 0.148. The van der Waals surface area contributed by atoms with Crippen LogP contribution in [0.5, 0.6) is 0 Å². The largest absolute Gasteiger partial charge is 0.378 e. The number of rotatable bonds is 9. The molecule has 2 aliphatic rings. The Labute approximate surface area is 318 Å². The Morgan fingerprint density at radius 2 is 1.73 bits per heavy atom. The first-order chi connectivity index (χ1) is 26.7. The van der Waals surface area contributed by atoms with Gasteiger partial charge in [-0.2, -0.15) is 5.10 Å². The lowest BCUT2D eigenvalue weighted by atomic mass is 9.92. The van der Waals surface area contributed by atoms with E-state index in [4.69, 9.17) is 4.74 Å². The summed E-state index contributed by atoms with van der Waals surface area (Å²) in [6.45, 7) is 5.39. The highest BCUT2D eigenvalue weighted by atomic mass is 16.6. The van der Waals surface area contributed by atoms with E-state index in [1.165, 1.54) is 17.7 Å². The molecule has 0 radical (unpaired) electrons. The molecule has 55 heavy (non-hydrogen) atoms. The van der Waals surface area contributed by atoms with E-state index >= 15 is 0 Å². The molecule has 0 aliphatic carbocycles. The summed E-state index contributed by atoms with van der Waals surface area (Å²) in [7, 11) is 1.82. The van der Waals surface area contributed by atoms with Crippen molar-refractivity contribution >= 4 is 34.1 Å². The molecule has 278 valence electrons. The van der Waals surface area contributed by atoms with E-state index in [1.807, 2.05) is 90.2 Å². The molecular formula is C43H41N7O5. The Hall–Kier alpha value is -6.53. The summed E-state index contributed by atoms with van der Waals surface area (Å²) in [4.78, 5) is 47.1. The van der Waals surface area contributed by atoms with Crippen LogP contribution < -0.4 is 4.90 Å². The van der Waals surface area contributed by atoms with E-state index in [2.05, 4.69) is 33.4 Å². The minimum Gasteiger partial charge on any atom is -0.378 e. The number of morpholine rings is 1. The fraction of sp³-hybridized carbons (Fsp3) is 0.233. The summed E-state index contributed by atoms with van der Waals surface area (Å²) in [5.74, 6) is -0.493. The fourth-order valence-electron chi connectivity index (χ4n) is 7.55. The highest BCUT2D eigenvalue weighted by Crippen LogP contribution is 2.35. The van der Waals surface area contributed by atoms with Gasteiger partial charge in [0, 0.05) is 72.4 Å². The Morgan fingerprint density at radius 1 is 0.964 bits per heavy atom. The van der Waals surface area contributed by atoms with Crippen molar-refractivity contribution in [2.45, 2.75) is 32.5 Å². The second-order valence-electron chi connectivity index (χ2n) is 14.1. The van der Waals surface area contributed by atoms with E-state index in [-0.39, 0.29) is 23.5 Å². The summed E-state index contributed by atoms with van der Waals surface area (Å²) in [5.41, 5.74) is 6.90. The summed E-state index contributed by atoms with van der Waals surface area (Å²) in [5, 5.41) is 20.2. The molecule has 1 fully saturated rings. The number of amides is 2. The van der Waals surface area contributed by atoms with Crippen LogP contribution >= 0.6 is 0 Å². The van der Waals surface area contributed by atoms with Gasteiger partial charge in [0.1, 0.15) is 0 Å². The number of H-pyrrole nitrogens is 1. The van der Waals surface area contributed by atoms with Gasteiger partial charge in [-0.05, 0) is 72.6 Å². The Kier molecular flexibility index (Phi) is 9.73. The number of non-ortho nitro benzene ring substituents is 1. The molecule has 8 rings (SSSR count). The molecule has 0 bridgehead atoms. The summed E-state index contributed by atoms with van der Waals surface area (Å²) >= 11 is 0. The maximum Gasteiger partial charge on any atom is 0.270 e. The van der Waals surface area contributed by atoms with Crippen LogP contribution in [0.25, 0.3) is 22.2 Å². The van der Waals surface area contributed by atoms with Gasteiger partial charge in [0.2, 0.25) is 0 Å². The highest BCUT2D eigenvalue weighted by Gasteiger charge is 2.33. The molecule has 2 amide bonds. The van der Waals surface area contributed by atoms with Gasteiger partial charge in [0.05, 0.1) is 48.0 Å². The number of aromatic nitrogens is 3. The maximum atomic E-state index is 14.9. The lowest BCUT2D eigenvalue weighted by molar-refractivity contribution is -0.384. The van der Waals surface area contributed by atoms with Crippen LogP contribution in [0.2, 0.25) is 0 Å².